The molecule has 0 radical (unpaired) electrons. The van der Waals surface area contributed by atoms with Crippen molar-refractivity contribution in [3.63, 3.8) is 0 Å². The van der Waals surface area contributed by atoms with Gasteiger partial charge in [-0.15, -0.1) is 0 Å². The zero-order chi connectivity index (χ0) is 17.5. The first kappa shape index (κ1) is 17.2. The Labute approximate surface area is 143 Å². The van der Waals surface area contributed by atoms with Crippen LogP contribution in [0.25, 0.3) is 0 Å². The smallest absolute Gasteiger partial charge is 0.325 e. The number of rotatable bonds is 2. The van der Waals surface area contributed by atoms with Crippen LogP contribution < -0.4 is 5.32 Å². The van der Waals surface area contributed by atoms with Gasteiger partial charge < -0.3 is 10.2 Å². The van der Waals surface area contributed by atoms with Gasteiger partial charge in [0, 0.05) is 13.1 Å². The lowest BCUT2D eigenvalue weighted by Crippen LogP contribution is -2.54. The molecule has 1 saturated carbocycles. The molecule has 0 aromatic carbocycles. The average Bonchev–Trinajstić information content (AvgIpc) is 2.74. The molecule has 24 heavy (non-hydrogen) atoms. The lowest BCUT2D eigenvalue weighted by atomic mass is 9.73. The predicted molar refractivity (Wildman–Crippen MR) is 90.1 cm³/mol. The number of hydrogen-bond donors (Lipinski definition) is 1. The second-order valence-electron chi connectivity index (χ2n) is 8.18. The molecule has 2 saturated heterocycles. The van der Waals surface area contributed by atoms with Crippen LogP contribution in [-0.4, -0.2) is 52.8 Å². The molecule has 0 aromatic heterocycles. The molecule has 3 rings (SSSR count). The van der Waals surface area contributed by atoms with E-state index in [1.54, 1.807) is 0 Å². The molecular weight excluding hydrogens is 306 g/mol. The van der Waals surface area contributed by atoms with Crippen molar-refractivity contribution in [1.29, 1.82) is 0 Å². The quantitative estimate of drug-likeness (QED) is 0.785. The van der Waals surface area contributed by atoms with Gasteiger partial charge in [-0.3, -0.25) is 14.5 Å². The topological polar surface area (TPSA) is 69.7 Å². The van der Waals surface area contributed by atoms with E-state index in [2.05, 4.69) is 19.2 Å². The summed E-state index contributed by atoms with van der Waals surface area (Å²) in [5.41, 5.74) is -0.780. The third-order valence-electron chi connectivity index (χ3n) is 6.02. The van der Waals surface area contributed by atoms with Crippen molar-refractivity contribution in [2.45, 2.75) is 58.4 Å². The summed E-state index contributed by atoms with van der Waals surface area (Å²) < 4.78 is 0. The lowest BCUT2D eigenvalue weighted by Gasteiger charge is -2.37. The van der Waals surface area contributed by atoms with Crippen LogP contribution in [0.4, 0.5) is 4.79 Å². The summed E-state index contributed by atoms with van der Waals surface area (Å²) in [4.78, 5) is 40.9. The first-order valence-corrected chi connectivity index (χ1v) is 9.25. The average molecular weight is 335 g/mol. The molecule has 2 heterocycles. The molecule has 4 amide bonds. The maximum absolute atomic E-state index is 12.9. The summed E-state index contributed by atoms with van der Waals surface area (Å²) in [6.45, 7) is 7.61. The summed E-state index contributed by atoms with van der Waals surface area (Å²) in [7, 11) is 0. The maximum Gasteiger partial charge on any atom is 0.325 e. The standard InChI is InChI=1S/C18H29N3O3/c1-12-8-13(2)10-20(9-12)15(22)11-21-16(23)18(19-17(21)24)7-5-4-6-14(18)3/h12-14H,4-11H2,1-3H3,(H,19,24)/t12-,13+,14-,18-/m0/s1. The summed E-state index contributed by atoms with van der Waals surface area (Å²) in [5.74, 6) is 0.734. The summed E-state index contributed by atoms with van der Waals surface area (Å²) in [6, 6.07) is -0.403. The highest BCUT2D eigenvalue weighted by Crippen LogP contribution is 2.38. The van der Waals surface area contributed by atoms with Crippen LogP contribution in [0.3, 0.4) is 0 Å². The van der Waals surface area contributed by atoms with Gasteiger partial charge >= 0.3 is 6.03 Å². The molecule has 1 N–H and O–H groups in total. The van der Waals surface area contributed by atoms with E-state index in [-0.39, 0.29) is 24.3 Å². The van der Waals surface area contributed by atoms with Gasteiger partial charge in [0.25, 0.3) is 5.91 Å². The van der Waals surface area contributed by atoms with Crippen molar-refractivity contribution < 1.29 is 14.4 Å². The Bertz CT molecular complexity index is 540. The minimum atomic E-state index is -0.780. The van der Waals surface area contributed by atoms with E-state index in [1.165, 1.54) is 0 Å². The van der Waals surface area contributed by atoms with Crippen molar-refractivity contribution in [3.05, 3.63) is 0 Å². The van der Waals surface area contributed by atoms with Crippen LogP contribution in [0.5, 0.6) is 0 Å². The fourth-order valence-electron chi connectivity index (χ4n) is 4.74. The number of nitrogens with one attached hydrogen (secondary N) is 1. The molecule has 6 nitrogen and oxygen atoms in total. The van der Waals surface area contributed by atoms with Gasteiger partial charge in [0.2, 0.25) is 5.91 Å². The molecule has 134 valence electrons. The Balaban J connectivity index is 1.70. The van der Waals surface area contributed by atoms with E-state index in [0.29, 0.717) is 31.3 Å². The van der Waals surface area contributed by atoms with Crippen molar-refractivity contribution in [2.24, 2.45) is 17.8 Å². The number of nitrogens with zero attached hydrogens (tertiary/aromatic N) is 2. The van der Waals surface area contributed by atoms with E-state index in [1.807, 2.05) is 11.8 Å². The first-order chi connectivity index (χ1) is 11.3. The molecule has 1 aliphatic carbocycles. The number of carbonyl (C=O) groups is 3. The van der Waals surface area contributed by atoms with E-state index >= 15 is 0 Å². The highest BCUT2D eigenvalue weighted by atomic mass is 16.2. The van der Waals surface area contributed by atoms with E-state index < -0.39 is 11.6 Å². The Morgan fingerprint density at radius 2 is 1.83 bits per heavy atom. The van der Waals surface area contributed by atoms with Crippen LogP contribution >= 0.6 is 0 Å². The summed E-state index contributed by atoms with van der Waals surface area (Å²) in [5, 5.41) is 2.91. The second-order valence-corrected chi connectivity index (χ2v) is 8.18. The second kappa shape index (κ2) is 6.37. The Morgan fingerprint density at radius 1 is 1.17 bits per heavy atom. The minimum Gasteiger partial charge on any atom is -0.341 e. The van der Waals surface area contributed by atoms with Gasteiger partial charge in [0.1, 0.15) is 12.1 Å². The van der Waals surface area contributed by atoms with E-state index in [9.17, 15) is 14.4 Å². The Morgan fingerprint density at radius 3 is 2.46 bits per heavy atom. The number of amides is 4. The van der Waals surface area contributed by atoms with Crippen molar-refractivity contribution in [3.8, 4) is 0 Å². The number of urea groups is 1. The van der Waals surface area contributed by atoms with Crippen LogP contribution in [0.2, 0.25) is 0 Å². The molecule has 2 aliphatic heterocycles. The van der Waals surface area contributed by atoms with Gasteiger partial charge in [-0.2, -0.15) is 0 Å². The zero-order valence-electron chi connectivity index (χ0n) is 15.0. The molecule has 3 aliphatic rings. The largest absolute Gasteiger partial charge is 0.341 e. The minimum absolute atomic E-state index is 0.114. The molecular formula is C18H29N3O3. The number of imide groups is 1. The number of likely N-dealkylation sites (tertiary alicyclic amines) is 1. The fourth-order valence-corrected chi connectivity index (χ4v) is 4.74. The SMILES string of the molecule is C[C@@H]1C[C@H](C)CN(C(=O)CN2C(=O)N[C@]3(CCCC[C@@H]3C)C2=O)C1. The van der Waals surface area contributed by atoms with Crippen LogP contribution in [0.15, 0.2) is 0 Å². The van der Waals surface area contributed by atoms with Crippen LogP contribution in [-0.2, 0) is 9.59 Å². The van der Waals surface area contributed by atoms with Crippen molar-refractivity contribution in [2.75, 3.05) is 19.6 Å². The lowest BCUT2D eigenvalue weighted by molar-refractivity contribution is -0.141. The van der Waals surface area contributed by atoms with Gasteiger partial charge in [-0.25, -0.2) is 4.79 Å². The normalized spacial score (nSPS) is 37.0. The highest BCUT2D eigenvalue weighted by Gasteiger charge is 2.55. The number of hydrogen-bond acceptors (Lipinski definition) is 3. The number of piperidine rings is 1. The van der Waals surface area contributed by atoms with Gasteiger partial charge in [0.05, 0.1) is 0 Å². The van der Waals surface area contributed by atoms with E-state index in [4.69, 9.17) is 0 Å². The molecule has 6 heteroatoms. The van der Waals surface area contributed by atoms with E-state index in [0.717, 1.165) is 30.6 Å². The molecule has 0 unspecified atom stereocenters. The van der Waals surface area contributed by atoms with Gasteiger partial charge in [-0.1, -0.05) is 33.6 Å². The Hall–Kier alpha value is -1.59. The third-order valence-corrected chi connectivity index (χ3v) is 6.02. The summed E-state index contributed by atoms with van der Waals surface area (Å²) >= 11 is 0. The fraction of sp³-hybridized carbons (Fsp3) is 0.833. The third kappa shape index (κ3) is 2.91. The zero-order valence-corrected chi connectivity index (χ0v) is 15.0. The van der Waals surface area contributed by atoms with Crippen molar-refractivity contribution >= 4 is 17.8 Å². The predicted octanol–water partition coefficient (Wildman–Crippen LogP) is 1.99. The Kier molecular flexibility index (Phi) is 4.58. The van der Waals surface area contributed by atoms with Gasteiger partial charge in [0.15, 0.2) is 0 Å². The summed E-state index contributed by atoms with van der Waals surface area (Å²) in [6.07, 6.45) is 4.78. The molecule has 1 spiro atoms. The number of carbonyl (C=O) groups excluding carboxylic acids is 3. The van der Waals surface area contributed by atoms with Crippen LogP contribution in [0, 0.1) is 17.8 Å². The highest BCUT2D eigenvalue weighted by molar-refractivity contribution is 6.09. The molecule has 4 atom stereocenters. The van der Waals surface area contributed by atoms with Crippen LogP contribution in [0.1, 0.15) is 52.9 Å². The monoisotopic (exact) mass is 335 g/mol. The first-order valence-electron chi connectivity index (χ1n) is 9.25. The molecule has 0 bridgehead atoms. The maximum atomic E-state index is 12.9. The molecule has 0 aromatic rings. The molecule has 3 fully saturated rings. The van der Waals surface area contributed by atoms with Crippen molar-refractivity contribution in [1.82, 2.24) is 15.1 Å². The van der Waals surface area contributed by atoms with Gasteiger partial charge in [-0.05, 0) is 37.0 Å².